The van der Waals surface area contributed by atoms with Gasteiger partial charge >= 0.3 is 0 Å². The Balaban J connectivity index is 1.11. The Hall–Kier alpha value is -6.64. The highest BCUT2D eigenvalue weighted by molar-refractivity contribution is 5.98. The Morgan fingerprint density at radius 2 is 0.865 bits per heavy atom. The summed E-state index contributed by atoms with van der Waals surface area (Å²) in [5.41, 5.74) is 12.1. The van der Waals surface area contributed by atoms with Gasteiger partial charge in [-0.1, -0.05) is 188 Å². The van der Waals surface area contributed by atoms with Crippen molar-refractivity contribution >= 4 is 27.1 Å². The lowest BCUT2D eigenvalue weighted by Gasteiger charge is -2.12. The molecule has 246 valence electrons. The van der Waals surface area contributed by atoms with Crippen LogP contribution in [0, 0.1) is 0 Å². The summed E-state index contributed by atoms with van der Waals surface area (Å²) in [6.07, 6.45) is 13.1. The molecule has 0 bridgehead atoms. The van der Waals surface area contributed by atoms with E-state index in [4.69, 9.17) is 9.97 Å². The smallest absolute Gasteiger partial charge is 0.160 e. The van der Waals surface area contributed by atoms with Gasteiger partial charge in [0.25, 0.3) is 0 Å². The normalized spacial score (nSPS) is 13.8. The minimum atomic E-state index is 0.705. The van der Waals surface area contributed by atoms with Crippen molar-refractivity contribution in [1.82, 2.24) is 9.97 Å². The number of benzene rings is 7. The van der Waals surface area contributed by atoms with Gasteiger partial charge in [0.1, 0.15) is 0 Å². The predicted octanol–water partition coefficient (Wildman–Crippen LogP) is 13.4. The van der Waals surface area contributed by atoms with Crippen molar-refractivity contribution in [3.05, 3.63) is 200 Å². The lowest BCUT2D eigenvalue weighted by Crippen LogP contribution is -1.96. The second kappa shape index (κ2) is 13.9. The predicted molar refractivity (Wildman–Crippen MR) is 220 cm³/mol. The standard InChI is InChI=1S/C50H36N2/c1-2-4-12-35(13-5-3-1)36-22-28-41(29-23-36)48-34-49(42-30-24-39(25-31-42)46-20-10-16-37-14-6-8-18-44(37)46)52-50(51-48)43-32-26-40(27-33-43)47-21-11-17-38-15-7-9-19-45(38)47/h1-2,4,6-34H,3,5H2/b2-1?,12-4?,35-13+. The van der Waals surface area contributed by atoms with E-state index >= 15 is 0 Å². The first-order chi connectivity index (χ1) is 25.8. The third-order valence-electron chi connectivity index (χ3n) is 9.99. The minimum absolute atomic E-state index is 0.705. The first-order valence-corrected chi connectivity index (χ1v) is 18.0. The van der Waals surface area contributed by atoms with Gasteiger partial charge in [0.15, 0.2) is 5.82 Å². The van der Waals surface area contributed by atoms with Crippen molar-refractivity contribution in [3.8, 4) is 56.2 Å². The molecule has 2 nitrogen and oxygen atoms in total. The molecule has 7 aromatic carbocycles. The van der Waals surface area contributed by atoms with Gasteiger partial charge in [-0.25, -0.2) is 9.97 Å². The molecule has 0 radical (unpaired) electrons. The monoisotopic (exact) mass is 664 g/mol. The second-order valence-electron chi connectivity index (χ2n) is 13.3. The maximum atomic E-state index is 5.18. The highest BCUT2D eigenvalue weighted by atomic mass is 14.9. The molecule has 0 spiro atoms. The fourth-order valence-corrected chi connectivity index (χ4v) is 7.23. The lowest BCUT2D eigenvalue weighted by molar-refractivity contribution is 1.05. The largest absolute Gasteiger partial charge is 0.228 e. The molecule has 1 aromatic heterocycles. The van der Waals surface area contributed by atoms with Crippen LogP contribution < -0.4 is 0 Å². The van der Waals surface area contributed by atoms with Crippen LogP contribution in [0.4, 0.5) is 0 Å². The number of rotatable bonds is 6. The molecule has 0 saturated heterocycles. The number of hydrogen-bond donors (Lipinski definition) is 0. The molecule has 0 atom stereocenters. The van der Waals surface area contributed by atoms with Crippen LogP contribution in [0.5, 0.6) is 0 Å². The van der Waals surface area contributed by atoms with Crippen molar-refractivity contribution < 1.29 is 0 Å². The number of hydrogen-bond acceptors (Lipinski definition) is 2. The summed E-state index contributed by atoms with van der Waals surface area (Å²) in [5.74, 6) is 0.705. The lowest BCUT2D eigenvalue weighted by atomic mass is 9.96. The number of allylic oxidation sites excluding steroid dienone is 6. The number of aromatic nitrogens is 2. The van der Waals surface area contributed by atoms with Gasteiger partial charge in [-0.3, -0.25) is 0 Å². The van der Waals surface area contributed by atoms with Crippen molar-refractivity contribution in [2.24, 2.45) is 0 Å². The molecule has 0 unspecified atom stereocenters. The van der Waals surface area contributed by atoms with Gasteiger partial charge in [0.05, 0.1) is 11.4 Å². The molecule has 0 saturated carbocycles. The summed E-state index contributed by atoms with van der Waals surface area (Å²) in [6.45, 7) is 0. The summed E-state index contributed by atoms with van der Waals surface area (Å²) in [6, 6.07) is 58.4. The van der Waals surface area contributed by atoms with Crippen LogP contribution in [0.1, 0.15) is 18.4 Å². The third-order valence-corrected chi connectivity index (χ3v) is 9.99. The molecule has 1 heterocycles. The molecule has 1 aliphatic carbocycles. The Bertz CT molecular complexity index is 2490. The zero-order chi connectivity index (χ0) is 34.7. The van der Waals surface area contributed by atoms with Crippen molar-refractivity contribution in [2.45, 2.75) is 12.8 Å². The summed E-state index contributed by atoms with van der Waals surface area (Å²) in [5, 5.41) is 4.98. The molecule has 52 heavy (non-hydrogen) atoms. The first-order valence-electron chi connectivity index (χ1n) is 18.0. The fourth-order valence-electron chi connectivity index (χ4n) is 7.23. The zero-order valence-electron chi connectivity index (χ0n) is 28.8. The minimum Gasteiger partial charge on any atom is -0.228 e. The van der Waals surface area contributed by atoms with Crippen molar-refractivity contribution in [3.63, 3.8) is 0 Å². The van der Waals surface area contributed by atoms with Gasteiger partial charge < -0.3 is 0 Å². The van der Waals surface area contributed by atoms with E-state index in [1.807, 2.05) is 0 Å². The highest BCUT2D eigenvalue weighted by Crippen LogP contribution is 2.34. The molecule has 8 aromatic rings. The van der Waals surface area contributed by atoms with Crippen LogP contribution in [-0.2, 0) is 0 Å². The summed E-state index contributed by atoms with van der Waals surface area (Å²) in [4.78, 5) is 10.4. The SMILES string of the molecule is C1=CCC/C=C(/c2ccc(-c3cc(-c4ccc(-c5cccc6ccccc56)cc4)nc(-c4ccc(-c5cccc6ccccc56)cc4)n3)cc2)C=C1. The average molecular weight is 665 g/mol. The Labute approximate surface area is 304 Å². The first kappa shape index (κ1) is 31.3. The topological polar surface area (TPSA) is 25.8 Å². The number of fused-ring (bicyclic) bond motifs is 2. The van der Waals surface area contributed by atoms with E-state index in [1.54, 1.807) is 0 Å². The van der Waals surface area contributed by atoms with E-state index in [-0.39, 0.29) is 0 Å². The molecule has 0 N–H and O–H groups in total. The zero-order valence-corrected chi connectivity index (χ0v) is 28.8. The van der Waals surface area contributed by atoms with Gasteiger partial charge in [0.2, 0.25) is 0 Å². The second-order valence-corrected chi connectivity index (χ2v) is 13.3. The van der Waals surface area contributed by atoms with Crippen molar-refractivity contribution in [2.75, 3.05) is 0 Å². The molecular formula is C50H36N2. The van der Waals surface area contributed by atoms with E-state index in [9.17, 15) is 0 Å². The van der Waals surface area contributed by atoms with E-state index in [0.29, 0.717) is 5.82 Å². The quantitative estimate of drug-likeness (QED) is 0.177. The summed E-state index contributed by atoms with van der Waals surface area (Å²) < 4.78 is 0. The molecule has 1 aliphatic rings. The molecule has 0 aliphatic heterocycles. The Morgan fingerprint density at radius 3 is 1.44 bits per heavy atom. The highest BCUT2D eigenvalue weighted by Gasteiger charge is 2.13. The Morgan fingerprint density at radius 1 is 0.385 bits per heavy atom. The molecule has 9 rings (SSSR count). The summed E-state index contributed by atoms with van der Waals surface area (Å²) >= 11 is 0. The molecule has 0 fully saturated rings. The Kier molecular flexibility index (Phi) is 8.40. The molecule has 0 amide bonds. The van der Waals surface area contributed by atoms with Crippen LogP contribution >= 0.6 is 0 Å². The van der Waals surface area contributed by atoms with E-state index in [2.05, 4.69) is 194 Å². The van der Waals surface area contributed by atoms with Crippen LogP contribution in [-0.4, -0.2) is 9.97 Å². The van der Waals surface area contributed by atoms with Crippen molar-refractivity contribution in [1.29, 1.82) is 0 Å². The molecular weight excluding hydrogens is 629 g/mol. The van der Waals surface area contributed by atoms with Gasteiger partial charge in [-0.15, -0.1) is 0 Å². The maximum absolute atomic E-state index is 5.18. The maximum Gasteiger partial charge on any atom is 0.160 e. The third kappa shape index (κ3) is 6.27. The average Bonchev–Trinajstić information content (AvgIpc) is 3.20. The van der Waals surface area contributed by atoms with E-state index in [1.165, 1.54) is 54.9 Å². The van der Waals surface area contributed by atoms with Crippen LogP contribution in [0.25, 0.3) is 83.3 Å². The fraction of sp³-hybridized carbons (Fsp3) is 0.0400. The van der Waals surface area contributed by atoms with Crippen LogP contribution in [0.15, 0.2) is 194 Å². The number of nitrogens with zero attached hydrogens (tertiary/aromatic N) is 2. The summed E-state index contributed by atoms with van der Waals surface area (Å²) in [7, 11) is 0. The van der Waals surface area contributed by atoms with Gasteiger partial charge in [-0.2, -0.15) is 0 Å². The van der Waals surface area contributed by atoms with Gasteiger partial charge in [-0.05, 0) is 73.8 Å². The van der Waals surface area contributed by atoms with Crippen LogP contribution in [0.3, 0.4) is 0 Å². The van der Waals surface area contributed by atoms with Gasteiger partial charge in [0, 0.05) is 16.7 Å². The van der Waals surface area contributed by atoms with E-state index in [0.717, 1.165) is 40.9 Å². The molecule has 2 heteroatoms. The van der Waals surface area contributed by atoms with E-state index < -0.39 is 0 Å². The van der Waals surface area contributed by atoms with Crippen LogP contribution in [0.2, 0.25) is 0 Å².